The van der Waals surface area contributed by atoms with Gasteiger partial charge in [0.15, 0.2) is 0 Å². The van der Waals surface area contributed by atoms with Gasteiger partial charge >= 0.3 is 0 Å². The lowest BCUT2D eigenvalue weighted by Crippen LogP contribution is -2.18. The summed E-state index contributed by atoms with van der Waals surface area (Å²) >= 11 is 4.91. The molecule has 0 aliphatic heterocycles. The minimum absolute atomic E-state index is 0.306. The Kier molecular flexibility index (Phi) is 4.73. The molecular weight excluding hydrogens is 376 g/mol. The maximum Gasteiger partial charge on any atom is 0.275 e. The van der Waals surface area contributed by atoms with Gasteiger partial charge in [-0.15, -0.1) is 11.3 Å². The molecule has 3 aromatic rings. The van der Waals surface area contributed by atoms with Gasteiger partial charge in [-0.3, -0.25) is 4.79 Å². The molecule has 0 unspecified atom stereocenters. The molecule has 3 rings (SSSR count). The van der Waals surface area contributed by atoms with E-state index in [1.807, 2.05) is 41.8 Å². The standard InChI is InChI=1S/C17H13BrN2O2S/c1-22-16-7-12-5-3-2-4-11(12)6-15(16)17(21)20-19-9-14-8-13(18)10-23-14/h2-10H,1H3,(H,20,21)/b19-9-. The predicted octanol–water partition coefficient (Wildman–Crippen LogP) is 4.44. The number of ether oxygens (including phenoxy) is 1. The second kappa shape index (κ2) is 6.93. The zero-order valence-electron chi connectivity index (χ0n) is 12.2. The highest BCUT2D eigenvalue weighted by atomic mass is 79.9. The number of amides is 1. The van der Waals surface area contributed by atoms with E-state index in [1.54, 1.807) is 19.4 Å². The molecule has 0 bridgehead atoms. The van der Waals surface area contributed by atoms with E-state index in [0.717, 1.165) is 20.1 Å². The van der Waals surface area contributed by atoms with Crippen molar-refractivity contribution in [1.82, 2.24) is 5.43 Å². The van der Waals surface area contributed by atoms with Gasteiger partial charge in [-0.05, 0) is 44.9 Å². The Labute approximate surface area is 145 Å². The molecule has 0 spiro atoms. The van der Waals surface area contributed by atoms with Crippen LogP contribution in [0.3, 0.4) is 0 Å². The van der Waals surface area contributed by atoms with Crippen molar-refractivity contribution < 1.29 is 9.53 Å². The van der Waals surface area contributed by atoms with Gasteiger partial charge in [-0.25, -0.2) is 5.43 Å². The van der Waals surface area contributed by atoms with E-state index < -0.39 is 0 Å². The van der Waals surface area contributed by atoms with E-state index in [0.29, 0.717) is 11.3 Å². The van der Waals surface area contributed by atoms with Gasteiger partial charge in [0.25, 0.3) is 5.91 Å². The minimum Gasteiger partial charge on any atom is -0.496 e. The number of hydrazone groups is 1. The van der Waals surface area contributed by atoms with Crippen molar-refractivity contribution in [2.24, 2.45) is 5.10 Å². The van der Waals surface area contributed by atoms with Crippen molar-refractivity contribution in [3.05, 3.63) is 62.8 Å². The topological polar surface area (TPSA) is 50.7 Å². The van der Waals surface area contributed by atoms with E-state index in [1.165, 1.54) is 11.3 Å². The highest BCUT2D eigenvalue weighted by molar-refractivity contribution is 9.10. The third-order valence-corrected chi connectivity index (χ3v) is 4.89. The Hall–Kier alpha value is -2.18. The lowest BCUT2D eigenvalue weighted by molar-refractivity contribution is 0.0952. The number of rotatable bonds is 4. The molecule has 6 heteroatoms. The second-order valence-electron chi connectivity index (χ2n) is 4.77. The van der Waals surface area contributed by atoms with Gasteiger partial charge in [0, 0.05) is 14.7 Å². The van der Waals surface area contributed by atoms with E-state index in [-0.39, 0.29) is 5.91 Å². The molecule has 0 aliphatic carbocycles. The molecule has 23 heavy (non-hydrogen) atoms. The number of fused-ring (bicyclic) bond motifs is 1. The van der Waals surface area contributed by atoms with Gasteiger partial charge in [-0.2, -0.15) is 5.10 Å². The zero-order valence-corrected chi connectivity index (χ0v) is 14.6. The van der Waals surface area contributed by atoms with Crippen molar-refractivity contribution in [2.45, 2.75) is 0 Å². The number of nitrogens with one attached hydrogen (secondary N) is 1. The number of carbonyl (C=O) groups excluding carboxylic acids is 1. The van der Waals surface area contributed by atoms with Crippen LogP contribution < -0.4 is 10.2 Å². The van der Waals surface area contributed by atoms with Crippen LogP contribution in [-0.2, 0) is 0 Å². The van der Waals surface area contributed by atoms with Crippen LogP contribution in [-0.4, -0.2) is 19.2 Å². The lowest BCUT2D eigenvalue weighted by atomic mass is 10.1. The lowest BCUT2D eigenvalue weighted by Gasteiger charge is -2.09. The summed E-state index contributed by atoms with van der Waals surface area (Å²) in [6, 6.07) is 13.4. The quantitative estimate of drug-likeness (QED) is 0.530. The molecule has 0 fully saturated rings. The number of carbonyl (C=O) groups is 1. The fourth-order valence-electron chi connectivity index (χ4n) is 2.18. The number of benzene rings is 2. The van der Waals surface area contributed by atoms with Gasteiger partial charge in [0.05, 0.1) is 18.9 Å². The summed E-state index contributed by atoms with van der Waals surface area (Å²) in [5.41, 5.74) is 2.99. The average molecular weight is 389 g/mol. The molecule has 0 saturated heterocycles. The average Bonchev–Trinajstić information content (AvgIpc) is 2.98. The molecule has 116 valence electrons. The number of nitrogens with zero attached hydrogens (tertiary/aromatic N) is 1. The Balaban J connectivity index is 1.83. The third-order valence-electron chi connectivity index (χ3n) is 3.26. The molecule has 0 atom stereocenters. The predicted molar refractivity (Wildman–Crippen MR) is 97.6 cm³/mol. The van der Waals surface area contributed by atoms with Crippen LogP contribution in [0.4, 0.5) is 0 Å². The van der Waals surface area contributed by atoms with Gasteiger partial charge in [-0.1, -0.05) is 24.3 Å². The van der Waals surface area contributed by atoms with Crippen molar-refractivity contribution in [2.75, 3.05) is 7.11 Å². The van der Waals surface area contributed by atoms with Gasteiger partial charge < -0.3 is 4.74 Å². The van der Waals surface area contributed by atoms with E-state index in [4.69, 9.17) is 4.74 Å². The Bertz CT molecular complexity index is 889. The van der Waals surface area contributed by atoms with Crippen LogP contribution in [0.2, 0.25) is 0 Å². The van der Waals surface area contributed by atoms with Crippen molar-refractivity contribution in [3.63, 3.8) is 0 Å². The normalized spacial score (nSPS) is 11.0. The van der Waals surface area contributed by atoms with Gasteiger partial charge in [0.1, 0.15) is 5.75 Å². The minimum atomic E-state index is -0.306. The molecule has 1 amide bonds. The van der Waals surface area contributed by atoms with Crippen LogP contribution in [0.15, 0.2) is 57.4 Å². The summed E-state index contributed by atoms with van der Waals surface area (Å²) in [4.78, 5) is 13.3. The maximum atomic E-state index is 12.4. The van der Waals surface area contributed by atoms with Crippen molar-refractivity contribution in [1.29, 1.82) is 0 Å². The van der Waals surface area contributed by atoms with Crippen LogP contribution in [0.5, 0.6) is 5.75 Å². The SMILES string of the molecule is COc1cc2ccccc2cc1C(=O)N/N=C\c1cc(Br)cs1. The van der Waals surface area contributed by atoms with E-state index in [9.17, 15) is 4.79 Å². The summed E-state index contributed by atoms with van der Waals surface area (Å²) in [5, 5.41) is 7.95. The highest BCUT2D eigenvalue weighted by Gasteiger charge is 2.13. The first-order chi connectivity index (χ1) is 11.2. The molecule has 1 N–H and O–H groups in total. The second-order valence-corrected chi connectivity index (χ2v) is 6.62. The first-order valence-electron chi connectivity index (χ1n) is 6.81. The third kappa shape index (κ3) is 3.60. The number of halogens is 1. The molecule has 1 heterocycles. The number of hydrogen-bond donors (Lipinski definition) is 1. The van der Waals surface area contributed by atoms with Crippen LogP contribution in [0, 0.1) is 0 Å². The summed E-state index contributed by atoms with van der Waals surface area (Å²) < 4.78 is 6.32. The zero-order chi connectivity index (χ0) is 16.2. The Morgan fingerprint density at radius 1 is 1.26 bits per heavy atom. The number of hydrogen-bond acceptors (Lipinski definition) is 4. The fraction of sp³-hybridized carbons (Fsp3) is 0.0588. The molecule has 4 nitrogen and oxygen atoms in total. The van der Waals surface area contributed by atoms with Crippen molar-refractivity contribution in [3.8, 4) is 5.75 Å². The summed E-state index contributed by atoms with van der Waals surface area (Å²) in [7, 11) is 1.55. The van der Waals surface area contributed by atoms with E-state index >= 15 is 0 Å². The van der Waals surface area contributed by atoms with Crippen molar-refractivity contribution >= 4 is 50.2 Å². The van der Waals surface area contributed by atoms with Gasteiger partial charge in [0.2, 0.25) is 0 Å². The van der Waals surface area contributed by atoms with Crippen LogP contribution in [0.25, 0.3) is 10.8 Å². The molecule has 1 aromatic heterocycles. The first kappa shape index (κ1) is 15.7. The molecule has 0 aliphatic rings. The summed E-state index contributed by atoms with van der Waals surface area (Å²) in [5.74, 6) is 0.217. The molecule has 2 aromatic carbocycles. The smallest absolute Gasteiger partial charge is 0.275 e. The van der Waals surface area contributed by atoms with Crippen LogP contribution >= 0.6 is 27.3 Å². The molecule has 0 saturated carbocycles. The molecular formula is C17H13BrN2O2S. The monoisotopic (exact) mass is 388 g/mol. The summed E-state index contributed by atoms with van der Waals surface area (Å²) in [6.07, 6.45) is 1.61. The Morgan fingerprint density at radius 3 is 2.65 bits per heavy atom. The van der Waals surface area contributed by atoms with E-state index in [2.05, 4.69) is 26.5 Å². The molecule has 0 radical (unpaired) electrons. The number of thiophene rings is 1. The fourth-order valence-corrected chi connectivity index (χ4v) is 3.48. The largest absolute Gasteiger partial charge is 0.496 e. The number of methoxy groups -OCH3 is 1. The Morgan fingerprint density at radius 2 is 2.00 bits per heavy atom. The highest BCUT2D eigenvalue weighted by Crippen LogP contribution is 2.26. The van der Waals surface area contributed by atoms with Crippen LogP contribution in [0.1, 0.15) is 15.2 Å². The maximum absolute atomic E-state index is 12.4. The summed E-state index contributed by atoms with van der Waals surface area (Å²) in [6.45, 7) is 0. The first-order valence-corrected chi connectivity index (χ1v) is 8.49.